The molecule has 0 atom stereocenters. The fourth-order valence-electron chi connectivity index (χ4n) is 1.33. The summed E-state index contributed by atoms with van der Waals surface area (Å²) >= 11 is 5.78. The first-order chi connectivity index (χ1) is 8.20. The molecule has 0 radical (unpaired) electrons. The molecule has 88 valence electrons. The van der Waals surface area contributed by atoms with Gasteiger partial charge in [0, 0.05) is 12.1 Å². The Kier molecular flexibility index (Phi) is 3.30. The van der Waals surface area contributed by atoms with Crippen LogP contribution in [0.4, 0.5) is 0 Å². The molecule has 0 bridgehead atoms. The van der Waals surface area contributed by atoms with Gasteiger partial charge in [0.25, 0.3) is 0 Å². The van der Waals surface area contributed by atoms with Crippen LogP contribution in [0.15, 0.2) is 35.6 Å². The molecule has 0 saturated carbocycles. The second kappa shape index (κ2) is 4.88. The number of hydrogen-bond donors (Lipinski definition) is 1. The summed E-state index contributed by atoms with van der Waals surface area (Å²) in [6, 6.07) is 6.95. The molecule has 0 aliphatic heterocycles. The molecule has 1 aromatic heterocycles. The number of hydrogen-bond acceptors (Lipinski definition) is 4. The van der Waals surface area contributed by atoms with E-state index in [1.54, 1.807) is 42.2 Å². The second-order valence-corrected chi connectivity index (χ2v) is 3.77. The van der Waals surface area contributed by atoms with E-state index in [9.17, 15) is 0 Å². The molecule has 1 heterocycles. The number of rotatable bonds is 3. The lowest BCUT2D eigenvalue weighted by Crippen LogP contribution is -1.96. The molecule has 0 spiro atoms. The van der Waals surface area contributed by atoms with E-state index in [1.165, 1.54) is 6.21 Å². The fourth-order valence-corrected chi connectivity index (χ4v) is 1.46. The molecule has 6 heteroatoms. The van der Waals surface area contributed by atoms with E-state index < -0.39 is 0 Å². The fraction of sp³-hybridized carbons (Fsp3) is 0.0909. The van der Waals surface area contributed by atoms with Crippen LogP contribution in [0.3, 0.4) is 0 Å². The number of aryl methyl sites for hydroxylation is 1. The summed E-state index contributed by atoms with van der Waals surface area (Å²) in [6.07, 6.45) is 2.81. The van der Waals surface area contributed by atoms with Crippen molar-refractivity contribution in [2.24, 2.45) is 12.2 Å². The highest BCUT2D eigenvalue weighted by Crippen LogP contribution is 2.24. The third-order valence-electron chi connectivity index (χ3n) is 2.14. The van der Waals surface area contributed by atoms with Crippen LogP contribution >= 0.6 is 11.6 Å². The highest BCUT2D eigenvalue weighted by molar-refractivity contribution is 6.30. The third kappa shape index (κ3) is 2.57. The summed E-state index contributed by atoms with van der Waals surface area (Å²) in [7, 11) is 1.74. The molecule has 2 aromatic rings. The lowest BCUT2D eigenvalue weighted by atomic mass is 10.3. The van der Waals surface area contributed by atoms with Gasteiger partial charge in [-0.25, -0.2) is 4.68 Å². The Morgan fingerprint density at radius 3 is 2.76 bits per heavy atom. The topological polar surface area (TPSA) is 59.6 Å². The number of ether oxygens (including phenoxy) is 1. The number of nitrogens with zero attached hydrogens (tertiary/aromatic N) is 3. The van der Waals surface area contributed by atoms with Gasteiger partial charge < -0.3 is 9.94 Å². The van der Waals surface area contributed by atoms with Crippen LogP contribution in [0.1, 0.15) is 5.56 Å². The maximum Gasteiger partial charge on any atom is 0.226 e. The summed E-state index contributed by atoms with van der Waals surface area (Å²) in [5.74, 6) is 1.12. The number of oxime groups is 1. The minimum absolute atomic E-state index is 0.491. The molecule has 0 fully saturated rings. The van der Waals surface area contributed by atoms with Crippen molar-refractivity contribution in [3.63, 3.8) is 0 Å². The van der Waals surface area contributed by atoms with Crippen LogP contribution in [-0.2, 0) is 7.05 Å². The average Bonchev–Trinajstić information content (AvgIpc) is 2.65. The van der Waals surface area contributed by atoms with Gasteiger partial charge in [-0.15, -0.1) is 0 Å². The quantitative estimate of drug-likeness (QED) is 0.518. The van der Waals surface area contributed by atoms with Gasteiger partial charge in [-0.2, -0.15) is 5.10 Å². The van der Waals surface area contributed by atoms with Gasteiger partial charge in [0.05, 0.1) is 18.0 Å². The lowest BCUT2D eigenvalue weighted by Gasteiger charge is -2.06. The monoisotopic (exact) mass is 251 g/mol. The minimum Gasteiger partial charge on any atom is -0.439 e. The number of benzene rings is 1. The molecule has 0 unspecified atom stereocenters. The van der Waals surface area contributed by atoms with Gasteiger partial charge in [-0.1, -0.05) is 16.8 Å². The van der Waals surface area contributed by atoms with E-state index in [4.69, 9.17) is 21.5 Å². The summed E-state index contributed by atoms with van der Waals surface area (Å²) in [5, 5.41) is 16.1. The van der Waals surface area contributed by atoms with Crippen molar-refractivity contribution in [2.45, 2.75) is 0 Å². The van der Waals surface area contributed by atoms with Crippen molar-refractivity contribution < 1.29 is 9.94 Å². The summed E-state index contributed by atoms with van der Waals surface area (Å²) in [5.41, 5.74) is 0.588. The first-order valence-corrected chi connectivity index (χ1v) is 5.21. The average molecular weight is 252 g/mol. The molecule has 1 aromatic carbocycles. The Hall–Kier alpha value is -2.01. The molecule has 5 nitrogen and oxygen atoms in total. The van der Waals surface area contributed by atoms with Gasteiger partial charge >= 0.3 is 0 Å². The van der Waals surface area contributed by atoms with E-state index in [1.807, 2.05) is 0 Å². The Labute approximate surface area is 103 Å². The molecular formula is C11H10ClN3O2. The zero-order valence-corrected chi connectivity index (χ0v) is 9.80. The van der Waals surface area contributed by atoms with Crippen LogP contribution in [0.25, 0.3) is 0 Å². The smallest absolute Gasteiger partial charge is 0.226 e. The van der Waals surface area contributed by atoms with E-state index in [2.05, 4.69) is 10.3 Å². The molecular weight excluding hydrogens is 242 g/mol. The van der Waals surface area contributed by atoms with Crippen molar-refractivity contribution in [1.29, 1.82) is 0 Å². The second-order valence-electron chi connectivity index (χ2n) is 3.33. The molecule has 0 amide bonds. The largest absolute Gasteiger partial charge is 0.439 e. The van der Waals surface area contributed by atoms with Crippen molar-refractivity contribution in [2.75, 3.05) is 0 Å². The van der Waals surface area contributed by atoms with Gasteiger partial charge in [0.1, 0.15) is 5.75 Å². The third-order valence-corrected chi connectivity index (χ3v) is 2.39. The standard InChI is InChI=1S/C11H10ClN3O2/c1-15-11(8(6-13-15)7-14-16)17-10-4-2-9(12)3-5-10/h2-7,16H,1H3. The molecule has 17 heavy (non-hydrogen) atoms. The van der Waals surface area contributed by atoms with Crippen LogP contribution in [0.2, 0.25) is 5.02 Å². The van der Waals surface area contributed by atoms with Crippen molar-refractivity contribution in [3.8, 4) is 11.6 Å². The summed E-state index contributed by atoms with van der Waals surface area (Å²) < 4.78 is 7.17. The van der Waals surface area contributed by atoms with Gasteiger partial charge in [0.15, 0.2) is 0 Å². The van der Waals surface area contributed by atoms with E-state index >= 15 is 0 Å². The minimum atomic E-state index is 0.491. The Balaban J connectivity index is 2.29. The number of aromatic nitrogens is 2. The molecule has 0 aliphatic carbocycles. The Morgan fingerprint density at radius 2 is 2.12 bits per heavy atom. The van der Waals surface area contributed by atoms with Gasteiger partial charge in [-0.3, -0.25) is 0 Å². The maximum atomic E-state index is 8.52. The van der Waals surface area contributed by atoms with E-state index in [0.29, 0.717) is 22.2 Å². The summed E-state index contributed by atoms with van der Waals surface area (Å²) in [6.45, 7) is 0. The van der Waals surface area contributed by atoms with Crippen LogP contribution in [0, 0.1) is 0 Å². The predicted octanol–water partition coefficient (Wildman–Crippen LogP) is 2.67. The zero-order valence-electron chi connectivity index (χ0n) is 9.04. The highest BCUT2D eigenvalue weighted by atomic mass is 35.5. The molecule has 0 saturated heterocycles. The van der Waals surface area contributed by atoms with Crippen LogP contribution < -0.4 is 4.74 Å². The first kappa shape index (κ1) is 11.5. The zero-order chi connectivity index (χ0) is 12.3. The maximum absolute atomic E-state index is 8.52. The number of halogens is 1. The Bertz CT molecular complexity index is 534. The van der Waals surface area contributed by atoms with Crippen LogP contribution in [-0.4, -0.2) is 21.2 Å². The summed E-state index contributed by atoms with van der Waals surface area (Å²) in [4.78, 5) is 0. The van der Waals surface area contributed by atoms with Crippen molar-refractivity contribution >= 4 is 17.8 Å². The predicted molar refractivity (Wildman–Crippen MR) is 64.1 cm³/mol. The normalized spacial score (nSPS) is 10.9. The van der Waals surface area contributed by atoms with Gasteiger partial charge in [-0.05, 0) is 24.3 Å². The highest BCUT2D eigenvalue weighted by Gasteiger charge is 2.09. The SMILES string of the molecule is Cn1ncc(C=NO)c1Oc1ccc(Cl)cc1. The van der Waals surface area contributed by atoms with Crippen LogP contribution in [0.5, 0.6) is 11.6 Å². The lowest BCUT2D eigenvalue weighted by molar-refractivity contribution is 0.321. The first-order valence-electron chi connectivity index (χ1n) is 4.83. The molecule has 0 aliphatic rings. The molecule has 2 rings (SSSR count). The molecule has 1 N–H and O–H groups in total. The van der Waals surface area contributed by atoms with Crippen molar-refractivity contribution in [3.05, 3.63) is 41.0 Å². The van der Waals surface area contributed by atoms with Gasteiger partial charge in [0.2, 0.25) is 5.88 Å². The Morgan fingerprint density at radius 1 is 1.41 bits per heavy atom. The van der Waals surface area contributed by atoms with E-state index in [0.717, 1.165) is 0 Å². The van der Waals surface area contributed by atoms with Crippen molar-refractivity contribution in [1.82, 2.24) is 9.78 Å². The van der Waals surface area contributed by atoms with E-state index in [-0.39, 0.29) is 0 Å².